The van der Waals surface area contributed by atoms with Gasteiger partial charge in [0.1, 0.15) is 5.60 Å². The standard InChI is InChI=1S/C5H9O2.C2H4O2/c1-5(2,3)7-4-6;1-2(3)4/h1-3H3;1H3,(H,3,4). The van der Waals surface area contributed by atoms with Crippen LogP contribution in [0.15, 0.2) is 0 Å². The van der Waals surface area contributed by atoms with Gasteiger partial charge in [-0.3, -0.25) is 4.79 Å². The van der Waals surface area contributed by atoms with Gasteiger partial charge in [0.25, 0.3) is 5.97 Å². The Morgan fingerprint density at radius 2 is 1.73 bits per heavy atom. The number of hydrogen-bond acceptors (Lipinski definition) is 3. The zero-order valence-electron chi connectivity index (χ0n) is 7.17. The van der Waals surface area contributed by atoms with Crippen LogP contribution in [0.5, 0.6) is 0 Å². The summed E-state index contributed by atoms with van der Waals surface area (Å²) in [6, 6.07) is 0. The molecule has 0 saturated carbocycles. The number of rotatable bonds is 1. The molecule has 0 amide bonds. The van der Waals surface area contributed by atoms with Gasteiger partial charge in [-0.15, -0.1) is 0 Å². The van der Waals surface area contributed by atoms with Gasteiger partial charge in [-0.25, -0.2) is 4.79 Å². The molecule has 0 saturated heterocycles. The number of ether oxygens (including phenoxy) is 1. The first kappa shape index (κ1) is 12.6. The topological polar surface area (TPSA) is 63.6 Å². The van der Waals surface area contributed by atoms with Gasteiger partial charge in [-0.05, 0) is 20.8 Å². The fourth-order valence-electron chi connectivity index (χ4n) is 0.125. The molecule has 1 radical (unpaired) electrons. The Morgan fingerprint density at radius 3 is 1.73 bits per heavy atom. The van der Waals surface area contributed by atoms with Crippen LogP contribution in [0.3, 0.4) is 0 Å². The van der Waals surface area contributed by atoms with Gasteiger partial charge >= 0.3 is 6.47 Å². The first-order valence-corrected chi connectivity index (χ1v) is 3.04. The summed E-state index contributed by atoms with van der Waals surface area (Å²) in [5.74, 6) is -0.833. The molecule has 65 valence electrons. The van der Waals surface area contributed by atoms with Crippen molar-refractivity contribution >= 4 is 12.4 Å². The van der Waals surface area contributed by atoms with E-state index in [1.807, 2.05) is 0 Å². The monoisotopic (exact) mass is 161 g/mol. The van der Waals surface area contributed by atoms with Crippen LogP contribution in [0.1, 0.15) is 27.7 Å². The number of carboxylic acids is 1. The lowest BCUT2D eigenvalue weighted by atomic mass is 10.2. The number of carbonyl (C=O) groups excluding carboxylic acids is 1. The van der Waals surface area contributed by atoms with Crippen molar-refractivity contribution in [1.82, 2.24) is 0 Å². The molecule has 0 spiro atoms. The average molecular weight is 161 g/mol. The van der Waals surface area contributed by atoms with E-state index in [4.69, 9.17) is 9.90 Å². The number of hydrogen-bond donors (Lipinski definition) is 1. The van der Waals surface area contributed by atoms with Crippen molar-refractivity contribution in [2.75, 3.05) is 0 Å². The number of carbonyl (C=O) groups is 1. The van der Waals surface area contributed by atoms with E-state index in [1.165, 1.54) is 6.47 Å². The van der Waals surface area contributed by atoms with Gasteiger partial charge in [-0.2, -0.15) is 0 Å². The first-order valence-electron chi connectivity index (χ1n) is 3.04. The summed E-state index contributed by atoms with van der Waals surface area (Å²) in [5, 5.41) is 7.42. The number of aliphatic carboxylic acids is 1. The van der Waals surface area contributed by atoms with E-state index in [2.05, 4.69) is 4.74 Å². The molecule has 1 N–H and O–H groups in total. The fraction of sp³-hybridized carbons (Fsp3) is 0.714. The van der Waals surface area contributed by atoms with Crippen molar-refractivity contribution < 1.29 is 19.4 Å². The predicted molar refractivity (Wildman–Crippen MR) is 39.8 cm³/mol. The van der Waals surface area contributed by atoms with Crippen LogP contribution in [-0.4, -0.2) is 23.1 Å². The van der Waals surface area contributed by atoms with Crippen molar-refractivity contribution in [3.63, 3.8) is 0 Å². The highest BCUT2D eigenvalue weighted by atomic mass is 16.5. The molecule has 4 heteroatoms. The van der Waals surface area contributed by atoms with Gasteiger partial charge in [-0.1, -0.05) is 0 Å². The molecule has 0 bridgehead atoms. The van der Waals surface area contributed by atoms with Crippen LogP contribution in [0.2, 0.25) is 0 Å². The molecule has 0 aromatic rings. The third kappa shape index (κ3) is 49.8. The Hall–Kier alpha value is -1.06. The normalized spacial score (nSPS) is 9.09. The molecule has 0 heterocycles. The van der Waals surface area contributed by atoms with Crippen LogP contribution in [0.4, 0.5) is 0 Å². The third-order valence-electron chi connectivity index (χ3n) is 0.348. The van der Waals surface area contributed by atoms with Crippen molar-refractivity contribution in [2.45, 2.75) is 33.3 Å². The molecule has 0 aliphatic heterocycles. The fourth-order valence-corrected chi connectivity index (χ4v) is 0.125. The molecule has 0 unspecified atom stereocenters. The molecule has 0 rings (SSSR count). The first-order chi connectivity index (χ1) is 4.79. The lowest BCUT2D eigenvalue weighted by Gasteiger charge is -2.13. The van der Waals surface area contributed by atoms with Crippen LogP contribution < -0.4 is 0 Å². The van der Waals surface area contributed by atoms with Crippen molar-refractivity contribution in [3.8, 4) is 0 Å². The second kappa shape index (κ2) is 5.70. The van der Waals surface area contributed by atoms with E-state index in [0.29, 0.717) is 0 Å². The second-order valence-corrected chi connectivity index (χ2v) is 2.82. The zero-order chi connectivity index (χ0) is 9.49. The Labute approximate surface area is 66.2 Å². The van der Waals surface area contributed by atoms with Gasteiger partial charge in [0.05, 0.1) is 0 Å². The van der Waals surface area contributed by atoms with E-state index in [9.17, 15) is 4.79 Å². The summed E-state index contributed by atoms with van der Waals surface area (Å²) < 4.78 is 4.42. The molecule has 0 atom stereocenters. The second-order valence-electron chi connectivity index (χ2n) is 2.82. The maximum absolute atomic E-state index is 9.47. The van der Waals surface area contributed by atoms with Crippen molar-refractivity contribution in [3.05, 3.63) is 0 Å². The molecule has 0 fully saturated rings. The average Bonchev–Trinajstić information content (AvgIpc) is 1.58. The molecule has 0 aromatic heterocycles. The summed E-state index contributed by atoms with van der Waals surface area (Å²) in [6.45, 7) is 7.81. The molecular weight excluding hydrogens is 148 g/mol. The minimum absolute atomic E-state index is 0.373. The molecule has 0 aliphatic rings. The van der Waals surface area contributed by atoms with Crippen LogP contribution in [-0.2, 0) is 14.3 Å². The molecule has 11 heavy (non-hydrogen) atoms. The highest BCUT2D eigenvalue weighted by molar-refractivity contribution is 5.62. The molecular formula is C7H13O4. The van der Waals surface area contributed by atoms with Crippen LogP contribution in [0.25, 0.3) is 0 Å². The largest absolute Gasteiger partial charge is 0.481 e. The smallest absolute Gasteiger partial charge is 0.418 e. The lowest BCUT2D eigenvalue weighted by Crippen LogP contribution is -2.17. The Balaban J connectivity index is 0. The Bertz CT molecular complexity index is 119. The minimum Gasteiger partial charge on any atom is -0.481 e. The van der Waals surface area contributed by atoms with E-state index in [0.717, 1.165) is 6.92 Å². The maximum Gasteiger partial charge on any atom is 0.418 e. The Kier molecular flexibility index (Phi) is 6.53. The van der Waals surface area contributed by atoms with E-state index >= 15 is 0 Å². The number of carboxylic acid groups (broad SMARTS) is 1. The molecule has 0 aliphatic carbocycles. The summed E-state index contributed by atoms with van der Waals surface area (Å²) >= 11 is 0. The summed E-state index contributed by atoms with van der Waals surface area (Å²) in [5.41, 5.74) is -0.373. The zero-order valence-corrected chi connectivity index (χ0v) is 7.17. The van der Waals surface area contributed by atoms with Gasteiger partial charge in [0.2, 0.25) is 0 Å². The summed E-state index contributed by atoms with van der Waals surface area (Å²) in [6.07, 6.45) is 0. The van der Waals surface area contributed by atoms with E-state index in [1.54, 1.807) is 20.8 Å². The van der Waals surface area contributed by atoms with Gasteiger partial charge < -0.3 is 9.84 Å². The summed E-state index contributed by atoms with van der Waals surface area (Å²) in [4.78, 5) is 18.5. The minimum atomic E-state index is -0.833. The predicted octanol–water partition coefficient (Wildman–Crippen LogP) is 0.960. The lowest BCUT2D eigenvalue weighted by molar-refractivity contribution is -0.134. The highest BCUT2D eigenvalue weighted by Gasteiger charge is 2.08. The SMILES string of the molecule is CC(=O)O.CC(C)(C)O[C]=O. The van der Waals surface area contributed by atoms with Crippen LogP contribution >= 0.6 is 0 Å². The maximum atomic E-state index is 9.47. The third-order valence-corrected chi connectivity index (χ3v) is 0.348. The van der Waals surface area contributed by atoms with Gasteiger partial charge in [0, 0.05) is 6.92 Å². The van der Waals surface area contributed by atoms with Crippen LogP contribution in [0, 0.1) is 0 Å². The van der Waals surface area contributed by atoms with E-state index < -0.39 is 5.97 Å². The summed E-state index contributed by atoms with van der Waals surface area (Å²) in [7, 11) is 0. The van der Waals surface area contributed by atoms with Crippen molar-refractivity contribution in [1.29, 1.82) is 0 Å². The van der Waals surface area contributed by atoms with Gasteiger partial charge in [0.15, 0.2) is 0 Å². The quantitative estimate of drug-likeness (QED) is 0.622. The highest BCUT2D eigenvalue weighted by Crippen LogP contribution is 2.02. The Morgan fingerprint density at radius 1 is 1.45 bits per heavy atom. The molecule has 4 nitrogen and oxygen atoms in total. The van der Waals surface area contributed by atoms with Crippen molar-refractivity contribution in [2.24, 2.45) is 0 Å². The molecule has 0 aromatic carbocycles. The van der Waals surface area contributed by atoms with E-state index in [-0.39, 0.29) is 5.60 Å².